The van der Waals surface area contributed by atoms with Crippen molar-refractivity contribution >= 4 is 6.29 Å². The molecule has 0 fully saturated rings. The fourth-order valence-electron chi connectivity index (χ4n) is 1.38. The quantitative estimate of drug-likeness (QED) is 0.693. The van der Waals surface area contributed by atoms with Gasteiger partial charge in [0, 0.05) is 12.3 Å². The highest BCUT2D eigenvalue weighted by atomic mass is 19.1. The van der Waals surface area contributed by atoms with Crippen molar-refractivity contribution < 1.29 is 13.6 Å². The van der Waals surface area contributed by atoms with Crippen LogP contribution < -0.4 is 0 Å². The number of aromatic nitrogens is 1. The van der Waals surface area contributed by atoms with Crippen LogP contribution in [0, 0.1) is 11.6 Å². The average Bonchev–Trinajstić information content (AvgIpc) is 2.69. The maximum atomic E-state index is 13.3. The first-order chi connectivity index (χ1) is 7.22. The summed E-state index contributed by atoms with van der Waals surface area (Å²) in [5, 5.41) is 0. The Kier molecular flexibility index (Phi) is 2.33. The van der Waals surface area contributed by atoms with Crippen molar-refractivity contribution in [3.63, 3.8) is 0 Å². The van der Waals surface area contributed by atoms with E-state index in [1.165, 1.54) is 16.8 Å². The van der Waals surface area contributed by atoms with Crippen LogP contribution in [0.1, 0.15) is 10.5 Å². The third-order valence-corrected chi connectivity index (χ3v) is 2.07. The van der Waals surface area contributed by atoms with Gasteiger partial charge in [0.15, 0.2) is 6.29 Å². The molecule has 0 spiro atoms. The van der Waals surface area contributed by atoms with Crippen LogP contribution in [-0.2, 0) is 0 Å². The second-order valence-electron chi connectivity index (χ2n) is 3.02. The van der Waals surface area contributed by atoms with E-state index in [9.17, 15) is 13.6 Å². The van der Waals surface area contributed by atoms with E-state index in [1.54, 1.807) is 6.07 Å². The molecule has 4 heteroatoms. The topological polar surface area (TPSA) is 22.0 Å². The van der Waals surface area contributed by atoms with Gasteiger partial charge in [-0.3, -0.25) is 4.79 Å². The van der Waals surface area contributed by atoms with E-state index >= 15 is 0 Å². The Morgan fingerprint density at radius 2 is 2.00 bits per heavy atom. The van der Waals surface area contributed by atoms with Crippen molar-refractivity contribution in [3.8, 4) is 5.69 Å². The number of aldehydes is 1. The molecule has 2 rings (SSSR count). The molecule has 2 nitrogen and oxygen atoms in total. The SMILES string of the molecule is O=Cc1cccn1-c1cc(F)ccc1F. The second kappa shape index (κ2) is 3.65. The molecular formula is C11H7F2NO. The summed E-state index contributed by atoms with van der Waals surface area (Å²) in [7, 11) is 0. The summed E-state index contributed by atoms with van der Waals surface area (Å²) in [6.45, 7) is 0. The van der Waals surface area contributed by atoms with Crippen LogP contribution >= 0.6 is 0 Å². The Morgan fingerprint density at radius 3 is 2.73 bits per heavy atom. The first kappa shape index (κ1) is 9.58. The van der Waals surface area contributed by atoms with Crippen molar-refractivity contribution in [1.29, 1.82) is 0 Å². The monoisotopic (exact) mass is 207 g/mol. The molecule has 0 saturated carbocycles. The van der Waals surface area contributed by atoms with Gasteiger partial charge < -0.3 is 4.57 Å². The fraction of sp³-hybridized carbons (Fsp3) is 0. The zero-order valence-corrected chi connectivity index (χ0v) is 7.65. The van der Waals surface area contributed by atoms with Gasteiger partial charge in [0.05, 0.1) is 11.4 Å². The zero-order valence-electron chi connectivity index (χ0n) is 7.65. The van der Waals surface area contributed by atoms with E-state index in [0.717, 1.165) is 18.2 Å². The molecule has 0 aliphatic carbocycles. The van der Waals surface area contributed by atoms with Crippen molar-refractivity contribution in [2.75, 3.05) is 0 Å². The largest absolute Gasteiger partial charge is 0.311 e. The third-order valence-electron chi connectivity index (χ3n) is 2.07. The Balaban J connectivity index is 2.62. The minimum atomic E-state index is -0.573. The van der Waals surface area contributed by atoms with Gasteiger partial charge in [-0.25, -0.2) is 8.78 Å². The molecule has 2 aromatic rings. The minimum Gasteiger partial charge on any atom is -0.311 e. The van der Waals surface area contributed by atoms with Crippen molar-refractivity contribution in [2.24, 2.45) is 0 Å². The highest BCUT2D eigenvalue weighted by molar-refractivity contribution is 5.73. The van der Waals surface area contributed by atoms with Gasteiger partial charge in [0.2, 0.25) is 0 Å². The zero-order chi connectivity index (χ0) is 10.8. The van der Waals surface area contributed by atoms with Crippen LogP contribution in [0.5, 0.6) is 0 Å². The van der Waals surface area contributed by atoms with Gasteiger partial charge in [-0.2, -0.15) is 0 Å². The number of nitrogens with zero attached hydrogens (tertiary/aromatic N) is 1. The lowest BCUT2D eigenvalue weighted by Crippen LogP contribution is -2.00. The van der Waals surface area contributed by atoms with Gasteiger partial charge in [-0.15, -0.1) is 0 Å². The first-order valence-electron chi connectivity index (χ1n) is 4.30. The van der Waals surface area contributed by atoms with E-state index in [2.05, 4.69) is 0 Å². The Bertz CT molecular complexity index is 505. The summed E-state index contributed by atoms with van der Waals surface area (Å²) in [6.07, 6.45) is 2.09. The van der Waals surface area contributed by atoms with Crippen LogP contribution in [0.2, 0.25) is 0 Å². The molecule has 0 aliphatic rings. The van der Waals surface area contributed by atoms with Crippen LogP contribution in [0.3, 0.4) is 0 Å². The Labute approximate surface area is 84.8 Å². The summed E-state index contributed by atoms with van der Waals surface area (Å²) in [6, 6.07) is 6.22. The lowest BCUT2D eigenvalue weighted by atomic mass is 10.3. The van der Waals surface area contributed by atoms with Gasteiger partial charge in [-0.05, 0) is 24.3 Å². The summed E-state index contributed by atoms with van der Waals surface area (Å²) in [5.74, 6) is -1.12. The number of carbonyl (C=O) groups is 1. The minimum absolute atomic E-state index is 0.0297. The van der Waals surface area contributed by atoms with Crippen LogP contribution in [-0.4, -0.2) is 10.9 Å². The summed E-state index contributed by atoms with van der Waals surface area (Å²) >= 11 is 0. The van der Waals surface area contributed by atoms with Gasteiger partial charge >= 0.3 is 0 Å². The lowest BCUT2D eigenvalue weighted by Gasteiger charge is -2.06. The smallest absolute Gasteiger partial charge is 0.166 e. The number of halogens is 2. The summed E-state index contributed by atoms with van der Waals surface area (Å²) in [4.78, 5) is 10.6. The molecule has 1 heterocycles. The van der Waals surface area contributed by atoms with Gasteiger partial charge in [0.25, 0.3) is 0 Å². The van der Waals surface area contributed by atoms with Gasteiger partial charge in [-0.1, -0.05) is 0 Å². The number of rotatable bonds is 2. The van der Waals surface area contributed by atoms with Crippen LogP contribution in [0.25, 0.3) is 5.69 Å². The number of carbonyl (C=O) groups excluding carboxylic acids is 1. The van der Waals surface area contributed by atoms with E-state index in [4.69, 9.17) is 0 Å². The standard InChI is InChI=1S/C11H7F2NO/c12-8-3-4-10(13)11(6-8)14-5-1-2-9(14)7-15/h1-7H. The van der Waals surface area contributed by atoms with E-state index in [1.807, 2.05) is 0 Å². The van der Waals surface area contributed by atoms with E-state index in [0.29, 0.717) is 6.29 Å². The molecular weight excluding hydrogens is 200 g/mol. The van der Waals surface area contributed by atoms with Crippen molar-refractivity contribution in [3.05, 3.63) is 53.9 Å². The molecule has 0 aliphatic heterocycles. The highest BCUT2D eigenvalue weighted by Gasteiger charge is 2.08. The van der Waals surface area contributed by atoms with Crippen LogP contribution in [0.4, 0.5) is 8.78 Å². The number of hydrogen-bond acceptors (Lipinski definition) is 1. The number of hydrogen-bond donors (Lipinski definition) is 0. The molecule has 76 valence electrons. The maximum absolute atomic E-state index is 13.3. The van der Waals surface area contributed by atoms with E-state index in [-0.39, 0.29) is 11.4 Å². The van der Waals surface area contributed by atoms with Crippen LogP contribution in [0.15, 0.2) is 36.5 Å². The van der Waals surface area contributed by atoms with Crippen molar-refractivity contribution in [1.82, 2.24) is 4.57 Å². The molecule has 0 bridgehead atoms. The Hall–Kier alpha value is -1.97. The molecule has 0 radical (unpaired) electrons. The summed E-state index contributed by atoms with van der Waals surface area (Å²) < 4.78 is 27.5. The maximum Gasteiger partial charge on any atom is 0.166 e. The predicted octanol–water partition coefficient (Wildman–Crippen LogP) is 2.57. The molecule has 15 heavy (non-hydrogen) atoms. The molecule has 0 saturated heterocycles. The highest BCUT2D eigenvalue weighted by Crippen LogP contribution is 2.16. The molecule has 0 N–H and O–H groups in total. The third kappa shape index (κ3) is 1.66. The molecule has 0 atom stereocenters. The number of benzene rings is 1. The molecule has 0 unspecified atom stereocenters. The predicted molar refractivity (Wildman–Crippen MR) is 51.1 cm³/mol. The molecule has 1 aromatic carbocycles. The van der Waals surface area contributed by atoms with E-state index < -0.39 is 11.6 Å². The van der Waals surface area contributed by atoms with Crippen molar-refractivity contribution in [2.45, 2.75) is 0 Å². The Morgan fingerprint density at radius 1 is 1.20 bits per heavy atom. The average molecular weight is 207 g/mol. The fourth-order valence-corrected chi connectivity index (χ4v) is 1.38. The lowest BCUT2D eigenvalue weighted by molar-refractivity contribution is 0.111. The first-order valence-corrected chi connectivity index (χ1v) is 4.30. The second-order valence-corrected chi connectivity index (χ2v) is 3.02. The van der Waals surface area contributed by atoms with Gasteiger partial charge in [0.1, 0.15) is 11.6 Å². The normalized spacial score (nSPS) is 10.3. The molecule has 1 aromatic heterocycles. The summed E-state index contributed by atoms with van der Waals surface area (Å²) in [5.41, 5.74) is 0.307. The molecule has 0 amide bonds.